The van der Waals surface area contributed by atoms with Gasteiger partial charge in [0.15, 0.2) is 6.61 Å². The molecule has 1 amide bonds. The van der Waals surface area contributed by atoms with Gasteiger partial charge in [0.2, 0.25) is 0 Å². The molecule has 0 aromatic heterocycles. The number of hydrogen-bond donors (Lipinski definition) is 2. The molecular formula is C20H25N3O6S. The molecule has 0 aliphatic carbocycles. The molecule has 0 saturated heterocycles. The predicted molar refractivity (Wildman–Crippen MR) is 110 cm³/mol. The lowest BCUT2D eigenvalue weighted by molar-refractivity contribution is -0.142. The van der Waals surface area contributed by atoms with E-state index in [-0.39, 0.29) is 31.0 Å². The summed E-state index contributed by atoms with van der Waals surface area (Å²) >= 11 is 0. The van der Waals surface area contributed by atoms with E-state index in [0.29, 0.717) is 11.3 Å². The van der Waals surface area contributed by atoms with Crippen molar-refractivity contribution in [3.05, 3.63) is 60.2 Å². The molecule has 0 fully saturated rings. The van der Waals surface area contributed by atoms with Crippen LogP contribution in [-0.2, 0) is 30.8 Å². The number of rotatable bonds is 10. The summed E-state index contributed by atoms with van der Waals surface area (Å²) in [6, 6.07) is 13.1. The molecule has 162 valence electrons. The second-order valence-corrected chi connectivity index (χ2v) is 8.20. The van der Waals surface area contributed by atoms with Crippen LogP contribution in [0.1, 0.15) is 5.56 Å². The van der Waals surface area contributed by atoms with Gasteiger partial charge >= 0.3 is 5.97 Å². The van der Waals surface area contributed by atoms with Crippen LogP contribution in [0.3, 0.4) is 0 Å². The predicted octanol–water partition coefficient (Wildman–Crippen LogP) is 0.284. The van der Waals surface area contributed by atoms with Gasteiger partial charge < -0.3 is 20.9 Å². The molecule has 2 aromatic carbocycles. The lowest BCUT2D eigenvalue weighted by Crippen LogP contribution is -2.49. The minimum atomic E-state index is -4.06. The van der Waals surface area contributed by atoms with Gasteiger partial charge in [0.25, 0.3) is 15.9 Å². The third kappa shape index (κ3) is 6.02. The summed E-state index contributed by atoms with van der Waals surface area (Å²) in [5.41, 5.74) is 12.2. The maximum Gasteiger partial charge on any atom is 0.343 e. The standard InChI is InChI=1S/C20H25N3O6S/c1-28-19(24)14-29-16-9-7-15(8-10-16)13-18(22)20(25)23(12-11-21)30(26,27)17-5-3-2-4-6-17/h2-10,18H,11-14,21-22H2,1H3/t18-/m0/s1. The molecule has 0 bridgehead atoms. The molecule has 10 heteroatoms. The fraction of sp³-hybridized carbons (Fsp3) is 0.300. The molecule has 4 N–H and O–H groups in total. The SMILES string of the molecule is COC(=O)COc1ccc(C[C@H](N)C(=O)N(CCN)S(=O)(=O)c2ccccc2)cc1. The first-order valence-electron chi connectivity index (χ1n) is 9.15. The van der Waals surface area contributed by atoms with Gasteiger partial charge in [-0.2, -0.15) is 0 Å². The number of esters is 1. The van der Waals surface area contributed by atoms with Crippen molar-refractivity contribution in [1.82, 2.24) is 4.31 Å². The van der Waals surface area contributed by atoms with Crippen molar-refractivity contribution in [3.63, 3.8) is 0 Å². The highest BCUT2D eigenvalue weighted by Crippen LogP contribution is 2.18. The number of sulfonamides is 1. The smallest absolute Gasteiger partial charge is 0.343 e. The zero-order valence-corrected chi connectivity index (χ0v) is 17.4. The molecule has 2 rings (SSSR count). The highest BCUT2D eigenvalue weighted by molar-refractivity contribution is 7.89. The zero-order chi connectivity index (χ0) is 22.1. The average molecular weight is 436 g/mol. The van der Waals surface area contributed by atoms with Crippen LogP contribution in [0.2, 0.25) is 0 Å². The number of hydrogen-bond acceptors (Lipinski definition) is 8. The van der Waals surface area contributed by atoms with Crippen molar-refractivity contribution < 1.29 is 27.5 Å². The van der Waals surface area contributed by atoms with Gasteiger partial charge in [-0.15, -0.1) is 0 Å². The van der Waals surface area contributed by atoms with Gasteiger partial charge in [-0.05, 0) is 36.2 Å². The maximum absolute atomic E-state index is 12.9. The fourth-order valence-electron chi connectivity index (χ4n) is 2.63. The summed E-state index contributed by atoms with van der Waals surface area (Å²) in [7, 11) is -2.80. The van der Waals surface area contributed by atoms with Crippen LogP contribution in [-0.4, -0.2) is 57.4 Å². The number of carbonyl (C=O) groups excluding carboxylic acids is 2. The summed E-state index contributed by atoms with van der Waals surface area (Å²) in [6.45, 7) is -0.430. The van der Waals surface area contributed by atoms with Crippen molar-refractivity contribution >= 4 is 21.9 Å². The average Bonchev–Trinajstić information content (AvgIpc) is 2.76. The summed E-state index contributed by atoms with van der Waals surface area (Å²) < 4.78 is 36.2. The van der Waals surface area contributed by atoms with Crippen molar-refractivity contribution in [1.29, 1.82) is 0 Å². The molecule has 9 nitrogen and oxygen atoms in total. The molecule has 0 radical (unpaired) electrons. The Kier molecular flexibility index (Phi) is 8.34. The number of ether oxygens (including phenoxy) is 2. The molecular weight excluding hydrogens is 410 g/mol. The van der Waals surface area contributed by atoms with Crippen LogP contribution in [0.5, 0.6) is 5.75 Å². The fourth-order valence-corrected chi connectivity index (χ4v) is 4.11. The van der Waals surface area contributed by atoms with E-state index in [1.807, 2.05) is 0 Å². The molecule has 0 unspecified atom stereocenters. The largest absolute Gasteiger partial charge is 0.482 e. The van der Waals surface area contributed by atoms with E-state index in [9.17, 15) is 18.0 Å². The van der Waals surface area contributed by atoms with Crippen LogP contribution in [0.25, 0.3) is 0 Å². The van der Waals surface area contributed by atoms with E-state index in [4.69, 9.17) is 16.2 Å². The van der Waals surface area contributed by atoms with Gasteiger partial charge in [-0.3, -0.25) is 4.79 Å². The van der Waals surface area contributed by atoms with Crippen molar-refractivity contribution in [3.8, 4) is 5.75 Å². The second-order valence-electron chi connectivity index (χ2n) is 6.34. The van der Waals surface area contributed by atoms with Gasteiger partial charge in [0.1, 0.15) is 5.75 Å². The molecule has 0 aliphatic rings. The molecule has 0 saturated carbocycles. The Morgan fingerprint density at radius 1 is 1.07 bits per heavy atom. The quantitative estimate of drug-likeness (QED) is 0.507. The van der Waals surface area contributed by atoms with E-state index >= 15 is 0 Å². The minimum absolute atomic E-state index is 0.00823. The number of nitrogens with zero attached hydrogens (tertiary/aromatic N) is 1. The summed E-state index contributed by atoms with van der Waals surface area (Å²) in [5, 5.41) is 0. The van der Waals surface area contributed by atoms with E-state index in [2.05, 4.69) is 4.74 Å². The van der Waals surface area contributed by atoms with Crippen molar-refractivity contribution in [2.24, 2.45) is 11.5 Å². The molecule has 0 aliphatic heterocycles. The third-order valence-corrected chi connectivity index (χ3v) is 6.00. The van der Waals surface area contributed by atoms with E-state index in [1.54, 1.807) is 42.5 Å². The lowest BCUT2D eigenvalue weighted by Gasteiger charge is -2.25. The maximum atomic E-state index is 12.9. The van der Waals surface area contributed by atoms with Crippen LogP contribution in [0.15, 0.2) is 59.5 Å². The van der Waals surface area contributed by atoms with E-state index in [1.165, 1.54) is 19.2 Å². The Morgan fingerprint density at radius 3 is 2.27 bits per heavy atom. The van der Waals surface area contributed by atoms with Gasteiger partial charge in [-0.1, -0.05) is 30.3 Å². The summed E-state index contributed by atoms with van der Waals surface area (Å²) in [4.78, 5) is 23.9. The normalized spacial score (nSPS) is 12.1. The summed E-state index contributed by atoms with van der Waals surface area (Å²) in [5.74, 6) is -0.804. The molecule has 1 atom stereocenters. The highest BCUT2D eigenvalue weighted by Gasteiger charge is 2.32. The summed E-state index contributed by atoms with van der Waals surface area (Å²) in [6.07, 6.45) is 0.113. The Bertz CT molecular complexity index is 948. The first kappa shape index (κ1) is 23.3. The minimum Gasteiger partial charge on any atom is -0.482 e. The zero-order valence-electron chi connectivity index (χ0n) is 16.6. The molecule has 2 aromatic rings. The topological polar surface area (TPSA) is 142 Å². The van der Waals surface area contributed by atoms with Gasteiger partial charge in [-0.25, -0.2) is 17.5 Å². The highest BCUT2D eigenvalue weighted by atomic mass is 32.2. The van der Waals surface area contributed by atoms with Crippen molar-refractivity contribution in [2.75, 3.05) is 26.8 Å². The number of methoxy groups -OCH3 is 1. The second kappa shape index (κ2) is 10.7. The van der Waals surface area contributed by atoms with E-state index < -0.39 is 27.9 Å². The Balaban J connectivity index is 2.09. The third-order valence-electron chi connectivity index (χ3n) is 4.19. The lowest BCUT2D eigenvalue weighted by atomic mass is 10.1. The molecule has 0 spiro atoms. The van der Waals surface area contributed by atoms with Gasteiger partial charge in [0, 0.05) is 13.1 Å². The van der Waals surface area contributed by atoms with Crippen LogP contribution < -0.4 is 16.2 Å². The number of carbonyl (C=O) groups is 2. The number of amides is 1. The number of nitrogens with two attached hydrogens (primary N) is 2. The first-order valence-corrected chi connectivity index (χ1v) is 10.6. The van der Waals surface area contributed by atoms with E-state index in [0.717, 1.165) is 4.31 Å². The van der Waals surface area contributed by atoms with Crippen molar-refractivity contribution in [2.45, 2.75) is 17.4 Å². The molecule has 30 heavy (non-hydrogen) atoms. The van der Waals surface area contributed by atoms with Gasteiger partial charge in [0.05, 0.1) is 18.0 Å². The molecule has 0 heterocycles. The number of benzene rings is 2. The van der Waals surface area contributed by atoms with Crippen LogP contribution in [0, 0.1) is 0 Å². The Morgan fingerprint density at radius 2 is 1.70 bits per heavy atom. The van der Waals surface area contributed by atoms with Crippen LogP contribution >= 0.6 is 0 Å². The Hall–Kier alpha value is -2.95. The first-order chi connectivity index (χ1) is 14.3. The monoisotopic (exact) mass is 435 g/mol. The Labute approximate surface area is 175 Å². The van der Waals surface area contributed by atoms with Crippen LogP contribution in [0.4, 0.5) is 0 Å².